The van der Waals surface area contributed by atoms with Crippen molar-refractivity contribution < 1.29 is 9.53 Å². The van der Waals surface area contributed by atoms with E-state index in [2.05, 4.69) is 10.6 Å². The minimum atomic E-state index is 0.0215. The zero-order valence-corrected chi connectivity index (χ0v) is 13.7. The van der Waals surface area contributed by atoms with Crippen molar-refractivity contribution in [1.82, 2.24) is 10.6 Å². The molecule has 5 heteroatoms. The van der Waals surface area contributed by atoms with Crippen LogP contribution >= 0.6 is 11.8 Å². The summed E-state index contributed by atoms with van der Waals surface area (Å²) in [4.78, 5) is 12.1. The molecular formula is C16H28N2O2S. The van der Waals surface area contributed by atoms with Gasteiger partial charge in [0.1, 0.15) is 0 Å². The van der Waals surface area contributed by atoms with Gasteiger partial charge in [0.25, 0.3) is 0 Å². The summed E-state index contributed by atoms with van der Waals surface area (Å²) < 4.78 is 6.02. The van der Waals surface area contributed by atoms with Crippen LogP contribution in [-0.4, -0.2) is 42.3 Å². The largest absolute Gasteiger partial charge is 0.375 e. The maximum atomic E-state index is 12.1. The maximum Gasteiger partial charge on any atom is 0.315 e. The Labute approximate surface area is 132 Å². The molecule has 1 atom stereocenters. The monoisotopic (exact) mass is 312 g/mol. The van der Waals surface area contributed by atoms with Gasteiger partial charge in [-0.3, -0.25) is 0 Å². The zero-order valence-electron chi connectivity index (χ0n) is 12.9. The van der Waals surface area contributed by atoms with Crippen LogP contribution in [0.4, 0.5) is 4.79 Å². The molecule has 120 valence electrons. The number of amides is 2. The fourth-order valence-corrected chi connectivity index (χ4v) is 5.15. The van der Waals surface area contributed by atoms with Crippen LogP contribution in [-0.2, 0) is 4.74 Å². The van der Waals surface area contributed by atoms with Crippen LogP contribution in [0.3, 0.4) is 0 Å². The Hall–Kier alpha value is -0.420. The van der Waals surface area contributed by atoms with Crippen LogP contribution in [0.2, 0.25) is 0 Å². The molecule has 3 fully saturated rings. The van der Waals surface area contributed by atoms with Crippen molar-refractivity contribution in [3.8, 4) is 0 Å². The number of thioether (sulfide) groups is 1. The molecule has 0 radical (unpaired) electrons. The zero-order chi connectivity index (χ0) is 14.5. The summed E-state index contributed by atoms with van der Waals surface area (Å²) in [6.45, 7) is 1.63. The van der Waals surface area contributed by atoms with E-state index in [0.29, 0.717) is 12.0 Å². The van der Waals surface area contributed by atoms with Crippen LogP contribution in [0.15, 0.2) is 0 Å². The van der Waals surface area contributed by atoms with Gasteiger partial charge in [0.2, 0.25) is 0 Å². The lowest BCUT2D eigenvalue weighted by molar-refractivity contribution is -0.0820. The number of rotatable bonds is 3. The van der Waals surface area contributed by atoms with Gasteiger partial charge in [-0.2, -0.15) is 11.8 Å². The van der Waals surface area contributed by atoms with E-state index in [-0.39, 0.29) is 11.6 Å². The fraction of sp³-hybridized carbons (Fsp3) is 0.938. The Morgan fingerprint density at radius 3 is 2.71 bits per heavy atom. The standard InChI is InChI=1S/C16H28N2O2S/c19-15(17-12-13-4-9-21-10-5-13)18-14-3-8-20-16(11-14)6-1-2-7-16/h13-14H,1-12H2,(H2,17,18,19)/t14-/m1/s1. The third-order valence-electron chi connectivity index (χ3n) is 5.24. The summed E-state index contributed by atoms with van der Waals surface area (Å²) in [7, 11) is 0. The van der Waals surface area contributed by atoms with E-state index in [0.717, 1.165) is 26.0 Å². The van der Waals surface area contributed by atoms with Gasteiger partial charge in [-0.1, -0.05) is 12.8 Å². The normalized spacial score (nSPS) is 29.4. The number of ether oxygens (including phenoxy) is 1. The van der Waals surface area contributed by atoms with Crippen molar-refractivity contribution in [2.45, 2.75) is 63.0 Å². The molecule has 4 nitrogen and oxygen atoms in total. The molecule has 3 rings (SSSR count). The first-order chi connectivity index (χ1) is 10.3. The lowest BCUT2D eigenvalue weighted by Gasteiger charge is -2.38. The van der Waals surface area contributed by atoms with E-state index in [1.807, 2.05) is 11.8 Å². The van der Waals surface area contributed by atoms with Gasteiger partial charge >= 0.3 is 6.03 Å². The maximum absolute atomic E-state index is 12.1. The Bertz CT molecular complexity index is 352. The molecule has 21 heavy (non-hydrogen) atoms. The van der Waals surface area contributed by atoms with E-state index in [4.69, 9.17) is 4.74 Å². The molecule has 0 unspecified atom stereocenters. The van der Waals surface area contributed by atoms with Crippen LogP contribution in [0.5, 0.6) is 0 Å². The van der Waals surface area contributed by atoms with Crippen molar-refractivity contribution in [2.24, 2.45) is 5.92 Å². The number of hydrogen-bond donors (Lipinski definition) is 2. The van der Waals surface area contributed by atoms with Gasteiger partial charge in [0.05, 0.1) is 5.60 Å². The van der Waals surface area contributed by atoms with Crippen LogP contribution in [0, 0.1) is 5.92 Å². The topological polar surface area (TPSA) is 50.4 Å². The first-order valence-corrected chi connectivity index (χ1v) is 9.67. The first-order valence-electron chi connectivity index (χ1n) is 8.52. The Morgan fingerprint density at radius 2 is 1.95 bits per heavy atom. The Kier molecular flexibility index (Phi) is 5.33. The molecule has 2 amide bonds. The first kappa shape index (κ1) is 15.5. The second-order valence-electron chi connectivity index (χ2n) is 6.84. The lowest BCUT2D eigenvalue weighted by Crippen LogP contribution is -2.50. The van der Waals surface area contributed by atoms with Crippen LogP contribution < -0.4 is 10.6 Å². The number of nitrogens with one attached hydrogen (secondary N) is 2. The smallest absolute Gasteiger partial charge is 0.315 e. The third-order valence-corrected chi connectivity index (χ3v) is 6.28. The van der Waals surface area contributed by atoms with Crippen molar-refractivity contribution in [2.75, 3.05) is 24.7 Å². The summed E-state index contributed by atoms with van der Waals surface area (Å²) in [5.41, 5.74) is 0.0801. The highest BCUT2D eigenvalue weighted by Crippen LogP contribution is 2.39. The third kappa shape index (κ3) is 4.28. The van der Waals surface area contributed by atoms with Gasteiger partial charge in [0, 0.05) is 19.2 Å². The molecule has 1 spiro atoms. The van der Waals surface area contributed by atoms with E-state index in [1.165, 1.54) is 50.0 Å². The van der Waals surface area contributed by atoms with Crippen LogP contribution in [0.1, 0.15) is 51.4 Å². The summed E-state index contributed by atoms with van der Waals surface area (Å²) in [6, 6.07) is 0.312. The van der Waals surface area contributed by atoms with Crippen molar-refractivity contribution in [3.63, 3.8) is 0 Å². The van der Waals surface area contributed by atoms with E-state index < -0.39 is 0 Å². The highest BCUT2D eigenvalue weighted by molar-refractivity contribution is 7.99. The molecule has 1 aliphatic carbocycles. The molecule has 1 saturated carbocycles. The van der Waals surface area contributed by atoms with Crippen molar-refractivity contribution in [1.29, 1.82) is 0 Å². The summed E-state index contributed by atoms with van der Waals surface area (Å²) in [5.74, 6) is 3.17. The quantitative estimate of drug-likeness (QED) is 0.842. The SMILES string of the molecule is O=C(NCC1CCSCC1)N[C@@H]1CCOC2(CCCC2)C1. The van der Waals surface area contributed by atoms with E-state index in [1.54, 1.807) is 0 Å². The second kappa shape index (κ2) is 7.23. The summed E-state index contributed by atoms with van der Waals surface area (Å²) in [6.07, 6.45) is 9.34. The van der Waals surface area contributed by atoms with Gasteiger partial charge in [-0.15, -0.1) is 0 Å². The minimum Gasteiger partial charge on any atom is -0.375 e. The highest BCUT2D eigenvalue weighted by atomic mass is 32.2. The molecular weight excluding hydrogens is 284 g/mol. The molecule has 0 bridgehead atoms. The molecule has 2 N–H and O–H groups in total. The minimum absolute atomic E-state index is 0.0215. The molecule has 2 heterocycles. The molecule has 0 aromatic rings. The highest BCUT2D eigenvalue weighted by Gasteiger charge is 2.40. The number of carbonyl (C=O) groups is 1. The predicted octanol–water partition coefficient (Wildman–Crippen LogP) is 2.92. The van der Waals surface area contributed by atoms with Gasteiger partial charge < -0.3 is 15.4 Å². The van der Waals surface area contributed by atoms with Gasteiger partial charge in [-0.25, -0.2) is 4.79 Å². The van der Waals surface area contributed by atoms with Crippen LogP contribution in [0.25, 0.3) is 0 Å². The fourth-order valence-electron chi connectivity index (χ4n) is 3.94. The van der Waals surface area contributed by atoms with E-state index in [9.17, 15) is 4.79 Å². The van der Waals surface area contributed by atoms with Crippen molar-refractivity contribution >= 4 is 17.8 Å². The summed E-state index contributed by atoms with van der Waals surface area (Å²) in [5, 5.41) is 6.25. The molecule has 2 aliphatic heterocycles. The number of urea groups is 1. The molecule has 0 aromatic heterocycles. The van der Waals surface area contributed by atoms with Gasteiger partial charge in [0.15, 0.2) is 0 Å². The molecule has 3 aliphatic rings. The Morgan fingerprint density at radius 1 is 1.19 bits per heavy atom. The van der Waals surface area contributed by atoms with Gasteiger partial charge in [-0.05, 0) is 55.9 Å². The predicted molar refractivity (Wildman–Crippen MR) is 86.8 cm³/mol. The lowest BCUT2D eigenvalue weighted by atomic mass is 9.89. The summed E-state index contributed by atoms with van der Waals surface area (Å²) >= 11 is 2.03. The Balaban J connectivity index is 1.39. The second-order valence-corrected chi connectivity index (χ2v) is 8.06. The number of hydrogen-bond acceptors (Lipinski definition) is 3. The average molecular weight is 312 g/mol. The molecule has 0 aromatic carbocycles. The average Bonchev–Trinajstić information content (AvgIpc) is 2.94. The molecule has 2 saturated heterocycles. The van der Waals surface area contributed by atoms with E-state index >= 15 is 0 Å². The number of carbonyl (C=O) groups excluding carboxylic acids is 1. The van der Waals surface area contributed by atoms with Crippen molar-refractivity contribution in [3.05, 3.63) is 0 Å².